The van der Waals surface area contributed by atoms with E-state index in [4.69, 9.17) is 0 Å². The lowest BCUT2D eigenvalue weighted by molar-refractivity contribution is 0.0685. The average Bonchev–Trinajstić information content (AvgIpc) is 2.95. The van der Waals surface area contributed by atoms with Crippen LogP contribution in [-0.2, 0) is 0 Å². The zero-order valence-electron chi connectivity index (χ0n) is 8.85. The van der Waals surface area contributed by atoms with Crippen molar-refractivity contribution in [3.05, 3.63) is 35.6 Å². The van der Waals surface area contributed by atoms with Crippen molar-refractivity contribution < 1.29 is 9.90 Å². The first-order valence-electron chi connectivity index (χ1n) is 4.90. The number of carboxylic acid groups (broad SMARTS) is 1. The van der Waals surface area contributed by atoms with Gasteiger partial charge in [0, 0.05) is 6.20 Å². The Kier molecular flexibility index (Phi) is 2.73. The van der Waals surface area contributed by atoms with Crippen LogP contribution in [0.3, 0.4) is 0 Å². The van der Waals surface area contributed by atoms with Crippen molar-refractivity contribution in [2.45, 2.75) is 9.37 Å². The van der Waals surface area contributed by atoms with E-state index in [1.165, 1.54) is 23.1 Å². The monoisotopic (exact) mass is 278 g/mol. The number of hydrogen-bond donors (Lipinski definition) is 1. The molecule has 0 unspecified atom stereocenters. The Morgan fingerprint density at radius 2 is 2.33 bits per heavy atom. The van der Waals surface area contributed by atoms with Crippen LogP contribution in [0, 0.1) is 0 Å². The van der Waals surface area contributed by atoms with Gasteiger partial charge in [0.05, 0.1) is 0 Å². The van der Waals surface area contributed by atoms with Crippen LogP contribution < -0.4 is 0 Å². The van der Waals surface area contributed by atoms with Gasteiger partial charge in [0.25, 0.3) is 0 Å². The molecule has 0 amide bonds. The zero-order chi connectivity index (χ0) is 12.5. The molecule has 6 nitrogen and oxygen atoms in total. The summed E-state index contributed by atoms with van der Waals surface area (Å²) < 4.78 is 2.21. The van der Waals surface area contributed by atoms with Crippen LogP contribution in [0.25, 0.3) is 5.65 Å². The Morgan fingerprint density at radius 1 is 1.44 bits per heavy atom. The summed E-state index contributed by atoms with van der Waals surface area (Å²) >= 11 is 2.55. The third-order valence-corrected chi connectivity index (χ3v) is 3.98. The maximum atomic E-state index is 11.3. The fraction of sp³-hybridized carbons (Fsp3) is 0. The summed E-state index contributed by atoms with van der Waals surface area (Å²) in [6.45, 7) is 0. The van der Waals surface area contributed by atoms with Crippen LogP contribution in [0.5, 0.6) is 0 Å². The van der Waals surface area contributed by atoms with E-state index in [9.17, 15) is 9.90 Å². The quantitative estimate of drug-likeness (QED) is 0.789. The molecule has 3 aromatic heterocycles. The lowest BCUT2D eigenvalue weighted by atomic mass is 10.4. The molecule has 0 aromatic carbocycles. The van der Waals surface area contributed by atoms with Gasteiger partial charge in [-0.05, 0) is 23.9 Å². The van der Waals surface area contributed by atoms with Gasteiger partial charge in [-0.25, -0.2) is 9.78 Å². The lowest BCUT2D eigenvalue weighted by Crippen LogP contribution is -2.02. The number of fused-ring (bicyclic) bond motifs is 1. The Bertz CT molecular complexity index is 708. The summed E-state index contributed by atoms with van der Waals surface area (Å²) in [7, 11) is 0. The minimum atomic E-state index is -1.01. The van der Waals surface area contributed by atoms with Crippen LogP contribution in [-0.4, -0.2) is 30.7 Å². The second-order valence-electron chi connectivity index (χ2n) is 3.31. The number of carbonyl (C=O) groups is 1. The average molecular weight is 278 g/mol. The smallest absolute Gasteiger partial charge is 0.355 e. The summed E-state index contributed by atoms with van der Waals surface area (Å²) in [6.07, 6.45) is 1.68. The molecule has 0 aliphatic rings. The normalized spacial score (nSPS) is 10.9. The summed E-state index contributed by atoms with van der Waals surface area (Å²) in [5.41, 5.74) is 2.34. The molecule has 8 heteroatoms. The van der Waals surface area contributed by atoms with E-state index in [0.717, 1.165) is 0 Å². The molecule has 1 N–H and O–H groups in total. The molecule has 3 aromatic rings. The second kappa shape index (κ2) is 4.39. The number of imidazole rings is 1. The number of aromatic nitrogens is 4. The van der Waals surface area contributed by atoms with Gasteiger partial charge in [0.15, 0.2) is 10.0 Å². The van der Waals surface area contributed by atoms with Crippen molar-refractivity contribution in [3.8, 4) is 0 Å². The molecule has 0 atom stereocenters. The second-order valence-corrected chi connectivity index (χ2v) is 5.38. The Morgan fingerprint density at radius 3 is 3.06 bits per heavy atom. The maximum absolute atomic E-state index is 11.3. The van der Waals surface area contributed by atoms with Crippen LogP contribution in [0.4, 0.5) is 0 Å². The third-order valence-electron chi connectivity index (χ3n) is 2.22. The van der Waals surface area contributed by atoms with E-state index in [1.807, 2.05) is 6.07 Å². The van der Waals surface area contributed by atoms with Crippen molar-refractivity contribution >= 4 is 34.7 Å². The van der Waals surface area contributed by atoms with Crippen molar-refractivity contribution in [2.75, 3.05) is 0 Å². The minimum Gasteiger partial charge on any atom is -0.476 e. The first-order chi connectivity index (χ1) is 8.75. The van der Waals surface area contributed by atoms with E-state index in [0.29, 0.717) is 15.0 Å². The van der Waals surface area contributed by atoms with Crippen molar-refractivity contribution in [1.29, 1.82) is 0 Å². The zero-order valence-corrected chi connectivity index (χ0v) is 10.5. The van der Waals surface area contributed by atoms with Crippen molar-refractivity contribution in [1.82, 2.24) is 19.6 Å². The molecule has 0 aliphatic heterocycles. The number of aromatic carboxylic acids is 1. The van der Waals surface area contributed by atoms with E-state index in [2.05, 4.69) is 15.2 Å². The SMILES string of the molecule is O=C(O)c1c(Sc2nncs2)nc2ccccn12. The van der Waals surface area contributed by atoms with Gasteiger partial charge < -0.3 is 5.11 Å². The predicted molar refractivity (Wildman–Crippen MR) is 66.2 cm³/mol. The highest BCUT2D eigenvalue weighted by atomic mass is 32.2. The molecule has 3 rings (SSSR count). The molecule has 3 heterocycles. The Balaban J connectivity index is 2.16. The summed E-state index contributed by atoms with van der Waals surface area (Å²) in [4.78, 5) is 15.6. The fourth-order valence-electron chi connectivity index (χ4n) is 1.53. The topological polar surface area (TPSA) is 80.4 Å². The Labute approximate surface area is 109 Å². The summed E-state index contributed by atoms with van der Waals surface area (Å²) in [5.74, 6) is -1.01. The van der Waals surface area contributed by atoms with Crippen LogP contribution in [0.15, 0.2) is 39.3 Å². The highest BCUT2D eigenvalue weighted by molar-refractivity contribution is 8.01. The van der Waals surface area contributed by atoms with Crippen LogP contribution in [0.2, 0.25) is 0 Å². The number of nitrogens with zero attached hydrogens (tertiary/aromatic N) is 4. The molecule has 0 radical (unpaired) electrons. The molecule has 0 saturated heterocycles. The van der Waals surface area contributed by atoms with Gasteiger partial charge in [-0.2, -0.15) is 0 Å². The third kappa shape index (κ3) is 1.85. The minimum absolute atomic E-state index is 0.144. The molecule has 90 valence electrons. The van der Waals surface area contributed by atoms with Gasteiger partial charge in [-0.1, -0.05) is 17.4 Å². The van der Waals surface area contributed by atoms with Crippen LogP contribution >= 0.6 is 23.1 Å². The predicted octanol–water partition coefficient (Wildman–Crippen LogP) is 2.04. The van der Waals surface area contributed by atoms with E-state index >= 15 is 0 Å². The number of carboxylic acids is 1. The molecule has 0 saturated carbocycles. The van der Waals surface area contributed by atoms with Gasteiger partial charge in [-0.15, -0.1) is 10.2 Å². The number of pyridine rings is 1. The van der Waals surface area contributed by atoms with Crippen molar-refractivity contribution in [3.63, 3.8) is 0 Å². The van der Waals surface area contributed by atoms with Gasteiger partial charge in [0.1, 0.15) is 16.2 Å². The fourth-order valence-corrected chi connectivity index (χ4v) is 3.04. The largest absolute Gasteiger partial charge is 0.476 e. The number of rotatable bonds is 3. The van der Waals surface area contributed by atoms with Gasteiger partial charge in [0.2, 0.25) is 0 Å². The summed E-state index contributed by atoms with van der Waals surface area (Å²) in [5, 5.41) is 17.3. The maximum Gasteiger partial charge on any atom is 0.355 e. The first-order valence-corrected chi connectivity index (χ1v) is 6.60. The van der Waals surface area contributed by atoms with Gasteiger partial charge in [-0.3, -0.25) is 4.40 Å². The molecule has 0 bridgehead atoms. The molecule has 0 spiro atoms. The van der Waals surface area contributed by atoms with Crippen LogP contribution in [0.1, 0.15) is 10.5 Å². The van der Waals surface area contributed by atoms with Gasteiger partial charge >= 0.3 is 5.97 Å². The number of hydrogen-bond acceptors (Lipinski definition) is 6. The lowest BCUT2D eigenvalue weighted by Gasteiger charge is -1.97. The molecular weight excluding hydrogens is 272 g/mol. The Hall–Kier alpha value is -1.93. The van der Waals surface area contributed by atoms with E-state index in [-0.39, 0.29) is 5.69 Å². The highest BCUT2D eigenvalue weighted by Crippen LogP contribution is 2.31. The van der Waals surface area contributed by atoms with E-state index in [1.54, 1.807) is 28.2 Å². The molecular formula is C10H6N4O2S2. The van der Waals surface area contributed by atoms with E-state index < -0.39 is 5.97 Å². The standard InChI is InChI=1S/C10H6N4O2S2/c15-9(16)7-8(18-10-13-11-5-17-10)12-6-3-1-2-4-14(6)7/h1-5H,(H,15,16). The summed E-state index contributed by atoms with van der Waals surface area (Å²) in [6, 6.07) is 5.34. The molecule has 0 fully saturated rings. The molecule has 18 heavy (non-hydrogen) atoms. The first kappa shape index (κ1) is 11.2. The molecule has 0 aliphatic carbocycles. The highest BCUT2D eigenvalue weighted by Gasteiger charge is 2.20. The van der Waals surface area contributed by atoms with Crippen molar-refractivity contribution in [2.24, 2.45) is 0 Å².